The second-order valence-electron chi connectivity index (χ2n) is 3.86. The lowest BCUT2D eigenvalue weighted by Crippen LogP contribution is -2.29. The van der Waals surface area contributed by atoms with Crippen molar-refractivity contribution in [2.45, 2.75) is 20.3 Å². The summed E-state index contributed by atoms with van der Waals surface area (Å²) >= 11 is 0. The number of carbonyl (C=O) groups is 1. The van der Waals surface area contributed by atoms with Gasteiger partial charge in [0.05, 0.1) is 12.3 Å². The van der Waals surface area contributed by atoms with E-state index in [1.165, 1.54) is 6.20 Å². The molecule has 0 saturated heterocycles. The maximum absolute atomic E-state index is 11.1. The Kier molecular flexibility index (Phi) is 4.90. The van der Waals surface area contributed by atoms with E-state index in [9.17, 15) is 4.79 Å². The van der Waals surface area contributed by atoms with Crippen molar-refractivity contribution in [3.8, 4) is 0 Å². The molecule has 1 aromatic heterocycles. The van der Waals surface area contributed by atoms with E-state index in [-0.39, 0.29) is 12.2 Å². The van der Waals surface area contributed by atoms with Gasteiger partial charge in [-0.1, -0.05) is 6.92 Å². The first-order valence-corrected chi connectivity index (χ1v) is 5.65. The van der Waals surface area contributed by atoms with Crippen LogP contribution >= 0.6 is 0 Å². The number of aromatic carboxylic acids is 1. The minimum atomic E-state index is -0.994. The van der Waals surface area contributed by atoms with Crippen LogP contribution in [0.4, 0.5) is 5.69 Å². The third-order valence-electron chi connectivity index (χ3n) is 2.45. The standard InChI is InChI=1S/C12H18N2O3/c1-3-4-14(5-6-15)11-7-9(2)13-8-10(11)12(16)17/h7-8,15H,3-6H2,1-2H3,(H,16,17). The zero-order chi connectivity index (χ0) is 12.8. The van der Waals surface area contributed by atoms with Gasteiger partial charge in [-0.15, -0.1) is 0 Å². The van der Waals surface area contributed by atoms with E-state index < -0.39 is 5.97 Å². The highest BCUT2D eigenvalue weighted by atomic mass is 16.4. The van der Waals surface area contributed by atoms with E-state index in [1.54, 1.807) is 6.07 Å². The molecular weight excluding hydrogens is 220 g/mol. The smallest absolute Gasteiger partial charge is 0.339 e. The number of aryl methyl sites for hydroxylation is 1. The average Bonchev–Trinajstić information content (AvgIpc) is 2.28. The van der Waals surface area contributed by atoms with Crippen molar-refractivity contribution >= 4 is 11.7 Å². The predicted octanol–water partition coefficient (Wildman–Crippen LogP) is 1.30. The van der Waals surface area contributed by atoms with Crippen LogP contribution in [0.5, 0.6) is 0 Å². The van der Waals surface area contributed by atoms with Gasteiger partial charge in [0.1, 0.15) is 5.56 Å². The molecular formula is C12H18N2O3. The molecule has 0 aliphatic heterocycles. The highest BCUT2D eigenvalue weighted by molar-refractivity contribution is 5.94. The fourth-order valence-corrected chi connectivity index (χ4v) is 1.72. The molecule has 94 valence electrons. The van der Waals surface area contributed by atoms with Crippen molar-refractivity contribution in [2.75, 3.05) is 24.6 Å². The highest BCUT2D eigenvalue weighted by Crippen LogP contribution is 2.21. The van der Waals surface area contributed by atoms with E-state index >= 15 is 0 Å². The van der Waals surface area contributed by atoms with Crippen LogP contribution in [-0.4, -0.2) is 40.9 Å². The lowest BCUT2D eigenvalue weighted by Gasteiger charge is -2.25. The van der Waals surface area contributed by atoms with Crippen LogP contribution in [0.25, 0.3) is 0 Å². The van der Waals surface area contributed by atoms with Crippen molar-refractivity contribution in [1.29, 1.82) is 0 Å². The number of hydrogen-bond acceptors (Lipinski definition) is 4. The molecule has 0 aliphatic carbocycles. The Morgan fingerprint density at radius 3 is 2.71 bits per heavy atom. The topological polar surface area (TPSA) is 73.7 Å². The Morgan fingerprint density at radius 2 is 2.18 bits per heavy atom. The molecule has 0 radical (unpaired) electrons. The normalized spacial score (nSPS) is 10.3. The molecule has 0 atom stereocenters. The summed E-state index contributed by atoms with van der Waals surface area (Å²) < 4.78 is 0. The summed E-state index contributed by atoms with van der Waals surface area (Å²) in [6.45, 7) is 4.97. The number of aromatic nitrogens is 1. The first-order valence-electron chi connectivity index (χ1n) is 5.65. The summed E-state index contributed by atoms with van der Waals surface area (Å²) in [6, 6.07) is 1.74. The largest absolute Gasteiger partial charge is 0.478 e. The molecule has 1 aromatic rings. The minimum absolute atomic E-state index is 0.000426. The number of nitrogens with zero attached hydrogens (tertiary/aromatic N) is 2. The molecule has 0 saturated carbocycles. The molecule has 1 heterocycles. The monoisotopic (exact) mass is 238 g/mol. The quantitative estimate of drug-likeness (QED) is 0.781. The summed E-state index contributed by atoms with van der Waals surface area (Å²) in [4.78, 5) is 17.0. The third-order valence-corrected chi connectivity index (χ3v) is 2.45. The van der Waals surface area contributed by atoms with Crippen LogP contribution in [0.2, 0.25) is 0 Å². The van der Waals surface area contributed by atoms with Crippen molar-refractivity contribution in [3.63, 3.8) is 0 Å². The van der Waals surface area contributed by atoms with Gasteiger partial charge >= 0.3 is 5.97 Å². The SMILES string of the molecule is CCCN(CCO)c1cc(C)ncc1C(=O)O. The molecule has 2 N–H and O–H groups in total. The zero-order valence-electron chi connectivity index (χ0n) is 10.2. The highest BCUT2D eigenvalue weighted by Gasteiger charge is 2.16. The lowest BCUT2D eigenvalue weighted by molar-refractivity contribution is 0.0697. The van der Waals surface area contributed by atoms with E-state index in [1.807, 2.05) is 18.7 Å². The zero-order valence-corrected chi connectivity index (χ0v) is 10.2. The summed E-state index contributed by atoms with van der Waals surface area (Å²) in [5, 5.41) is 18.1. The van der Waals surface area contributed by atoms with Gasteiger partial charge in [0.2, 0.25) is 0 Å². The van der Waals surface area contributed by atoms with E-state index in [0.717, 1.165) is 12.1 Å². The Bertz CT molecular complexity index is 387. The van der Waals surface area contributed by atoms with Gasteiger partial charge in [-0.25, -0.2) is 4.79 Å². The van der Waals surface area contributed by atoms with E-state index in [0.29, 0.717) is 18.8 Å². The molecule has 0 amide bonds. The molecule has 5 nitrogen and oxygen atoms in total. The maximum atomic E-state index is 11.1. The molecule has 0 spiro atoms. The summed E-state index contributed by atoms with van der Waals surface area (Å²) in [7, 11) is 0. The van der Waals surface area contributed by atoms with E-state index in [4.69, 9.17) is 10.2 Å². The van der Waals surface area contributed by atoms with Crippen molar-refractivity contribution in [1.82, 2.24) is 4.98 Å². The number of carboxylic acids is 1. The molecule has 0 unspecified atom stereocenters. The van der Waals surface area contributed by atoms with Crippen molar-refractivity contribution in [2.24, 2.45) is 0 Å². The molecule has 0 aliphatic rings. The van der Waals surface area contributed by atoms with Crippen molar-refractivity contribution < 1.29 is 15.0 Å². The molecule has 5 heteroatoms. The van der Waals surface area contributed by atoms with Crippen LogP contribution in [0, 0.1) is 6.92 Å². The summed E-state index contributed by atoms with van der Waals surface area (Å²) in [5.74, 6) is -0.994. The summed E-state index contributed by atoms with van der Waals surface area (Å²) in [5.41, 5.74) is 1.57. The first-order chi connectivity index (χ1) is 8.10. The fraction of sp³-hybridized carbons (Fsp3) is 0.500. The molecule has 1 rings (SSSR count). The number of aliphatic hydroxyl groups excluding tert-OH is 1. The number of pyridine rings is 1. The number of aliphatic hydroxyl groups is 1. The van der Waals surface area contributed by atoms with Crippen molar-refractivity contribution in [3.05, 3.63) is 23.5 Å². The van der Waals surface area contributed by atoms with Gasteiger partial charge in [0, 0.05) is 25.0 Å². The van der Waals surface area contributed by atoms with E-state index in [2.05, 4.69) is 4.98 Å². The molecule has 0 aromatic carbocycles. The average molecular weight is 238 g/mol. The summed E-state index contributed by atoms with van der Waals surface area (Å²) in [6.07, 6.45) is 2.26. The Labute approximate surface area is 101 Å². The fourth-order valence-electron chi connectivity index (χ4n) is 1.72. The second-order valence-corrected chi connectivity index (χ2v) is 3.86. The predicted molar refractivity (Wildman–Crippen MR) is 65.5 cm³/mol. The van der Waals surface area contributed by atoms with Gasteiger partial charge in [0.15, 0.2) is 0 Å². The number of rotatable bonds is 6. The Hall–Kier alpha value is -1.62. The van der Waals surface area contributed by atoms with Gasteiger partial charge in [-0.2, -0.15) is 0 Å². The molecule has 0 fully saturated rings. The van der Waals surface area contributed by atoms with Gasteiger partial charge in [0.25, 0.3) is 0 Å². The second kappa shape index (κ2) is 6.20. The number of carboxylic acid groups (broad SMARTS) is 1. The third kappa shape index (κ3) is 3.42. The molecule has 0 bridgehead atoms. The number of anilines is 1. The lowest BCUT2D eigenvalue weighted by atomic mass is 10.2. The van der Waals surface area contributed by atoms with Crippen LogP contribution in [0.15, 0.2) is 12.3 Å². The van der Waals surface area contributed by atoms with Gasteiger partial charge < -0.3 is 15.1 Å². The first kappa shape index (κ1) is 13.4. The molecule has 17 heavy (non-hydrogen) atoms. The number of hydrogen-bond donors (Lipinski definition) is 2. The Morgan fingerprint density at radius 1 is 1.47 bits per heavy atom. The van der Waals surface area contributed by atoms with Crippen LogP contribution in [0.1, 0.15) is 29.4 Å². The minimum Gasteiger partial charge on any atom is -0.478 e. The maximum Gasteiger partial charge on any atom is 0.339 e. The Balaban J connectivity index is 3.14. The van der Waals surface area contributed by atoms with Crippen LogP contribution in [0.3, 0.4) is 0 Å². The van der Waals surface area contributed by atoms with Gasteiger partial charge in [-0.3, -0.25) is 4.98 Å². The van der Waals surface area contributed by atoms with Gasteiger partial charge in [-0.05, 0) is 19.4 Å². The van der Waals surface area contributed by atoms with Crippen LogP contribution < -0.4 is 4.90 Å². The van der Waals surface area contributed by atoms with Crippen LogP contribution in [-0.2, 0) is 0 Å².